The second kappa shape index (κ2) is 17.3. The summed E-state index contributed by atoms with van der Waals surface area (Å²) in [7, 11) is 0. The Balaban J connectivity index is 1.77. The number of rotatable bonds is 16. The highest BCUT2D eigenvalue weighted by molar-refractivity contribution is 5.94. The lowest BCUT2D eigenvalue weighted by Gasteiger charge is -2.38. The molecule has 1 heterocycles. The summed E-state index contributed by atoms with van der Waals surface area (Å²) >= 11 is 0. The summed E-state index contributed by atoms with van der Waals surface area (Å²) in [6.07, 6.45) is 0.120. The van der Waals surface area contributed by atoms with Crippen LogP contribution in [-0.2, 0) is 36.9 Å². The van der Waals surface area contributed by atoms with Gasteiger partial charge in [0.2, 0.25) is 23.4 Å². The standard InChI is InChI=1S/C33H45N5O8/c1-3-22(2)26(20-39)35-31(43)33(45)27(17-18-38(33)29(41)16-10-15-23-11-6-4-7-12-23)37-30(42)25(19-28(34)40)36-32(44)46-21-24-13-8-5-9-14-24/h4-9,11-14,22,25-27,39,45H,3,10,15-21H2,1-2H3,(H2,34,40)(H,35,43)(H,36,44)(H,37,42)/t22-,25-,26+,27-,33-/m0/s1. The van der Waals surface area contributed by atoms with Crippen LogP contribution in [0.25, 0.3) is 0 Å². The second-order valence-corrected chi connectivity index (χ2v) is 11.5. The molecule has 1 aliphatic heterocycles. The van der Waals surface area contributed by atoms with Crippen molar-refractivity contribution in [3.63, 3.8) is 0 Å². The topological polar surface area (TPSA) is 200 Å². The summed E-state index contributed by atoms with van der Waals surface area (Å²) in [5, 5.41) is 29.4. The fourth-order valence-corrected chi connectivity index (χ4v) is 5.33. The maximum Gasteiger partial charge on any atom is 0.408 e. The van der Waals surface area contributed by atoms with E-state index in [1.807, 2.05) is 44.2 Å². The first-order chi connectivity index (χ1) is 22.0. The number of carbonyl (C=O) groups excluding carboxylic acids is 5. The van der Waals surface area contributed by atoms with Crippen LogP contribution in [0.1, 0.15) is 57.1 Å². The van der Waals surface area contributed by atoms with Gasteiger partial charge in [0, 0.05) is 13.0 Å². The van der Waals surface area contributed by atoms with Crippen molar-refractivity contribution in [2.75, 3.05) is 13.2 Å². The third-order valence-corrected chi connectivity index (χ3v) is 8.26. The molecule has 250 valence electrons. The maximum absolute atomic E-state index is 13.7. The molecule has 0 bridgehead atoms. The number of likely N-dealkylation sites (tertiary alicyclic amines) is 1. The van der Waals surface area contributed by atoms with Gasteiger partial charge in [-0.3, -0.25) is 19.2 Å². The molecular formula is C33H45N5O8. The Bertz CT molecular complexity index is 1330. The Morgan fingerprint density at radius 1 is 1.02 bits per heavy atom. The molecule has 2 aromatic carbocycles. The van der Waals surface area contributed by atoms with Gasteiger partial charge in [-0.05, 0) is 36.3 Å². The van der Waals surface area contributed by atoms with Gasteiger partial charge in [-0.1, -0.05) is 80.9 Å². The summed E-state index contributed by atoms with van der Waals surface area (Å²) in [6, 6.07) is 14.8. The molecule has 46 heavy (non-hydrogen) atoms. The SMILES string of the molecule is CC[C@H](C)[C@@H](CO)NC(=O)[C@@]1(O)[C@@H](NC(=O)[C@H](CC(N)=O)NC(=O)OCc2ccccc2)CCN1C(=O)CCCc1ccccc1. The van der Waals surface area contributed by atoms with Crippen molar-refractivity contribution < 1.29 is 38.9 Å². The summed E-state index contributed by atoms with van der Waals surface area (Å²) in [5.74, 6) is -3.42. The van der Waals surface area contributed by atoms with Crippen LogP contribution in [0.5, 0.6) is 0 Å². The number of nitrogens with two attached hydrogens (primary N) is 1. The third kappa shape index (κ3) is 9.75. The van der Waals surface area contributed by atoms with Gasteiger partial charge in [0.25, 0.3) is 5.91 Å². The Labute approximate surface area is 268 Å². The highest BCUT2D eigenvalue weighted by atomic mass is 16.5. The zero-order chi connectivity index (χ0) is 33.7. The van der Waals surface area contributed by atoms with Gasteiger partial charge in [0.15, 0.2) is 0 Å². The smallest absolute Gasteiger partial charge is 0.408 e. The molecule has 1 fully saturated rings. The molecule has 7 N–H and O–H groups in total. The molecule has 0 aliphatic carbocycles. The lowest BCUT2D eigenvalue weighted by molar-refractivity contribution is -0.173. The summed E-state index contributed by atoms with van der Waals surface area (Å²) < 4.78 is 5.17. The molecule has 5 atom stereocenters. The van der Waals surface area contributed by atoms with E-state index >= 15 is 0 Å². The summed E-state index contributed by atoms with van der Waals surface area (Å²) in [5.41, 5.74) is 4.55. The van der Waals surface area contributed by atoms with Crippen molar-refractivity contribution in [2.24, 2.45) is 11.7 Å². The lowest BCUT2D eigenvalue weighted by Crippen LogP contribution is -2.68. The molecule has 2 aromatic rings. The molecule has 0 radical (unpaired) electrons. The van der Waals surface area contributed by atoms with Gasteiger partial charge in [-0.25, -0.2) is 4.79 Å². The number of aryl methyl sites for hydroxylation is 1. The number of benzene rings is 2. The van der Waals surface area contributed by atoms with E-state index in [9.17, 15) is 34.2 Å². The third-order valence-electron chi connectivity index (χ3n) is 8.26. The largest absolute Gasteiger partial charge is 0.445 e. The number of primary amides is 1. The van der Waals surface area contributed by atoms with E-state index < -0.39 is 66.6 Å². The van der Waals surface area contributed by atoms with Crippen LogP contribution in [-0.4, -0.2) is 81.8 Å². The van der Waals surface area contributed by atoms with Crippen LogP contribution in [0.15, 0.2) is 60.7 Å². The normalized spacial score (nSPS) is 19.4. The van der Waals surface area contributed by atoms with E-state index in [1.165, 1.54) is 0 Å². The van der Waals surface area contributed by atoms with Crippen LogP contribution in [0.2, 0.25) is 0 Å². The Morgan fingerprint density at radius 3 is 2.24 bits per heavy atom. The fraction of sp³-hybridized carbons (Fsp3) is 0.485. The van der Waals surface area contributed by atoms with Crippen LogP contribution >= 0.6 is 0 Å². The number of carbonyl (C=O) groups is 5. The van der Waals surface area contributed by atoms with Gasteiger partial charge < -0.3 is 41.5 Å². The molecule has 0 unspecified atom stereocenters. The Kier molecular flexibility index (Phi) is 13.5. The van der Waals surface area contributed by atoms with E-state index in [4.69, 9.17) is 10.5 Å². The maximum atomic E-state index is 13.7. The Hall–Kier alpha value is -4.49. The molecule has 5 amide bonds. The second-order valence-electron chi connectivity index (χ2n) is 11.5. The van der Waals surface area contributed by atoms with Crippen molar-refractivity contribution in [3.8, 4) is 0 Å². The van der Waals surface area contributed by atoms with Gasteiger partial charge >= 0.3 is 6.09 Å². The highest BCUT2D eigenvalue weighted by Gasteiger charge is 2.56. The van der Waals surface area contributed by atoms with Crippen LogP contribution in [0, 0.1) is 5.92 Å². The predicted octanol–water partition coefficient (Wildman–Crippen LogP) is 1.11. The van der Waals surface area contributed by atoms with Gasteiger partial charge in [-0.15, -0.1) is 0 Å². The van der Waals surface area contributed by atoms with Crippen LogP contribution in [0.4, 0.5) is 4.79 Å². The quantitative estimate of drug-likeness (QED) is 0.157. The van der Waals surface area contributed by atoms with E-state index in [0.717, 1.165) is 10.5 Å². The molecule has 13 heteroatoms. The average molecular weight is 640 g/mol. The van der Waals surface area contributed by atoms with Crippen molar-refractivity contribution in [3.05, 3.63) is 71.8 Å². The van der Waals surface area contributed by atoms with Crippen LogP contribution in [0.3, 0.4) is 0 Å². The minimum atomic E-state index is -2.52. The number of amides is 5. The molecule has 13 nitrogen and oxygen atoms in total. The molecule has 0 aromatic heterocycles. The van der Waals surface area contributed by atoms with Crippen molar-refractivity contribution in [2.45, 2.75) is 82.8 Å². The number of aliphatic hydroxyl groups is 2. The van der Waals surface area contributed by atoms with Gasteiger partial charge in [0.1, 0.15) is 12.6 Å². The van der Waals surface area contributed by atoms with Gasteiger partial charge in [-0.2, -0.15) is 0 Å². The zero-order valence-corrected chi connectivity index (χ0v) is 26.3. The minimum absolute atomic E-state index is 0.00501. The van der Waals surface area contributed by atoms with Crippen LogP contribution < -0.4 is 21.7 Å². The first-order valence-corrected chi connectivity index (χ1v) is 15.5. The van der Waals surface area contributed by atoms with Crippen molar-refractivity contribution in [1.82, 2.24) is 20.9 Å². The highest BCUT2D eigenvalue weighted by Crippen LogP contribution is 2.30. The number of hydrogen-bond acceptors (Lipinski definition) is 8. The van der Waals surface area contributed by atoms with E-state index in [0.29, 0.717) is 24.8 Å². The number of nitrogens with one attached hydrogen (secondary N) is 3. The average Bonchev–Trinajstić information content (AvgIpc) is 3.38. The molecule has 1 saturated heterocycles. The molecule has 3 rings (SSSR count). The number of aliphatic hydroxyl groups excluding tert-OH is 1. The zero-order valence-electron chi connectivity index (χ0n) is 26.3. The molecule has 0 saturated carbocycles. The summed E-state index contributed by atoms with van der Waals surface area (Å²) in [6.45, 7) is 3.14. The predicted molar refractivity (Wildman–Crippen MR) is 168 cm³/mol. The minimum Gasteiger partial charge on any atom is -0.445 e. The summed E-state index contributed by atoms with van der Waals surface area (Å²) in [4.78, 5) is 65.9. The number of nitrogens with zero attached hydrogens (tertiary/aromatic N) is 1. The van der Waals surface area contributed by atoms with Crippen molar-refractivity contribution >= 4 is 29.7 Å². The van der Waals surface area contributed by atoms with Gasteiger partial charge in [0.05, 0.1) is 25.1 Å². The molecule has 1 aliphatic rings. The Morgan fingerprint density at radius 2 is 1.65 bits per heavy atom. The van der Waals surface area contributed by atoms with E-state index in [1.54, 1.807) is 30.3 Å². The van der Waals surface area contributed by atoms with E-state index in [-0.39, 0.29) is 31.9 Å². The monoisotopic (exact) mass is 639 g/mol. The van der Waals surface area contributed by atoms with E-state index in [2.05, 4.69) is 16.0 Å². The number of hydrogen-bond donors (Lipinski definition) is 6. The number of ether oxygens (including phenoxy) is 1. The first kappa shape index (κ1) is 36.0. The number of alkyl carbamates (subject to hydrolysis) is 1. The first-order valence-electron chi connectivity index (χ1n) is 15.5. The van der Waals surface area contributed by atoms with Crippen molar-refractivity contribution in [1.29, 1.82) is 0 Å². The fourth-order valence-electron chi connectivity index (χ4n) is 5.33. The molecular weight excluding hydrogens is 594 g/mol. The molecule has 0 spiro atoms. The lowest BCUT2D eigenvalue weighted by atomic mass is 9.97.